The first-order valence-electron chi connectivity index (χ1n) is 6.83. The number of aryl methyl sites for hydroxylation is 1. The van der Waals surface area contributed by atoms with E-state index >= 15 is 0 Å². The number of hydrogen-bond acceptors (Lipinski definition) is 5. The van der Waals surface area contributed by atoms with Gasteiger partial charge >= 0.3 is 0 Å². The lowest BCUT2D eigenvalue weighted by atomic mass is 10.1. The molecule has 1 aromatic rings. The van der Waals surface area contributed by atoms with Crippen LogP contribution in [0.25, 0.3) is 0 Å². The second-order valence-electron chi connectivity index (χ2n) is 5.47. The summed E-state index contributed by atoms with van der Waals surface area (Å²) < 4.78 is 5.37. The van der Waals surface area contributed by atoms with E-state index < -0.39 is 0 Å². The fraction of sp³-hybridized carbons (Fsp3) is 0.769. The summed E-state index contributed by atoms with van der Waals surface area (Å²) in [7, 11) is 0. The number of nitrogens with zero attached hydrogens (tertiary/aromatic N) is 4. The van der Waals surface area contributed by atoms with E-state index in [4.69, 9.17) is 4.42 Å². The molecule has 0 atom stereocenters. The Balaban J connectivity index is 1.77. The largest absolute Gasteiger partial charge is 0.424 e. The van der Waals surface area contributed by atoms with E-state index in [1.807, 2.05) is 4.90 Å². The fourth-order valence-corrected chi connectivity index (χ4v) is 2.23. The Kier molecular flexibility index (Phi) is 4.52. The molecule has 1 saturated heterocycles. The van der Waals surface area contributed by atoms with E-state index in [0.29, 0.717) is 30.7 Å². The van der Waals surface area contributed by atoms with Crippen molar-refractivity contribution in [2.24, 2.45) is 5.92 Å². The molecule has 0 bridgehead atoms. The Morgan fingerprint density at radius 1 is 1.26 bits per heavy atom. The van der Waals surface area contributed by atoms with Crippen molar-refractivity contribution in [1.82, 2.24) is 20.0 Å². The van der Waals surface area contributed by atoms with Gasteiger partial charge in [0.1, 0.15) is 0 Å². The lowest BCUT2D eigenvalue weighted by Crippen LogP contribution is -2.48. The quantitative estimate of drug-likeness (QED) is 0.815. The first kappa shape index (κ1) is 14.0. The van der Waals surface area contributed by atoms with E-state index in [0.717, 1.165) is 26.2 Å². The summed E-state index contributed by atoms with van der Waals surface area (Å²) in [5.41, 5.74) is 0. The molecule has 0 N–H and O–H groups in total. The molecule has 2 heterocycles. The van der Waals surface area contributed by atoms with Crippen LogP contribution in [0.15, 0.2) is 4.42 Å². The number of rotatable bonds is 4. The van der Waals surface area contributed by atoms with Crippen molar-refractivity contribution in [3.63, 3.8) is 0 Å². The van der Waals surface area contributed by atoms with Crippen molar-refractivity contribution in [3.05, 3.63) is 11.8 Å². The predicted molar refractivity (Wildman–Crippen MR) is 70.3 cm³/mol. The lowest BCUT2D eigenvalue weighted by molar-refractivity contribution is -0.133. The van der Waals surface area contributed by atoms with Crippen LogP contribution in [0, 0.1) is 12.8 Å². The van der Waals surface area contributed by atoms with Crippen LogP contribution in [0.5, 0.6) is 0 Å². The second-order valence-corrected chi connectivity index (χ2v) is 5.47. The highest BCUT2D eigenvalue weighted by atomic mass is 16.4. The van der Waals surface area contributed by atoms with Crippen LogP contribution in [0.4, 0.5) is 0 Å². The molecule has 106 valence electrons. The molecule has 1 amide bonds. The minimum absolute atomic E-state index is 0.267. The van der Waals surface area contributed by atoms with Crippen LogP contribution < -0.4 is 0 Å². The molecule has 19 heavy (non-hydrogen) atoms. The number of carbonyl (C=O) groups is 1. The predicted octanol–water partition coefficient (Wildman–Crippen LogP) is 1.07. The molecule has 6 heteroatoms. The minimum atomic E-state index is 0.267. The van der Waals surface area contributed by atoms with Crippen molar-refractivity contribution in [2.45, 2.75) is 33.7 Å². The Morgan fingerprint density at radius 3 is 2.47 bits per heavy atom. The molecule has 1 aliphatic heterocycles. The molecular weight excluding hydrogens is 244 g/mol. The summed E-state index contributed by atoms with van der Waals surface area (Å²) in [5.74, 6) is 1.94. The van der Waals surface area contributed by atoms with E-state index in [9.17, 15) is 4.79 Å². The van der Waals surface area contributed by atoms with Crippen molar-refractivity contribution in [2.75, 3.05) is 26.2 Å². The van der Waals surface area contributed by atoms with Crippen molar-refractivity contribution in [3.8, 4) is 0 Å². The van der Waals surface area contributed by atoms with Crippen LogP contribution in [0.1, 0.15) is 32.0 Å². The summed E-state index contributed by atoms with van der Waals surface area (Å²) in [4.78, 5) is 16.1. The molecule has 1 fully saturated rings. The molecule has 6 nitrogen and oxygen atoms in total. The number of carbonyl (C=O) groups excluding carboxylic acids is 1. The summed E-state index contributed by atoms with van der Waals surface area (Å²) in [6.07, 6.45) is 0.642. The molecule has 0 aliphatic carbocycles. The standard InChI is InChI=1S/C13H22N4O2/c1-10(2)8-13(18)17-6-4-16(5-7-17)9-12-15-14-11(3)19-12/h10H,4-9H2,1-3H3. The highest BCUT2D eigenvalue weighted by molar-refractivity contribution is 5.76. The normalized spacial score (nSPS) is 17.2. The van der Waals surface area contributed by atoms with Gasteiger partial charge in [0.25, 0.3) is 0 Å². The molecule has 0 saturated carbocycles. The summed E-state index contributed by atoms with van der Waals surface area (Å²) in [5, 5.41) is 7.81. The van der Waals surface area contributed by atoms with Gasteiger partial charge in [-0.05, 0) is 5.92 Å². The number of amides is 1. The minimum Gasteiger partial charge on any atom is -0.424 e. The monoisotopic (exact) mass is 266 g/mol. The SMILES string of the molecule is Cc1nnc(CN2CCN(C(=O)CC(C)C)CC2)o1. The zero-order valence-electron chi connectivity index (χ0n) is 11.9. The molecular formula is C13H22N4O2. The highest BCUT2D eigenvalue weighted by Gasteiger charge is 2.22. The first-order chi connectivity index (χ1) is 9.04. The number of piperazine rings is 1. The van der Waals surface area contributed by atoms with Crippen molar-refractivity contribution in [1.29, 1.82) is 0 Å². The molecule has 1 aliphatic rings. The second kappa shape index (κ2) is 6.14. The average molecular weight is 266 g/mol. The lowest BCUT2D eigenvalue weighted by Gasteiger charge is -2.34. The third-order valence-electron chi connectivity index (χ3n) is 3.23. The van der Waals surface area contributed by atoms with Gasteiger partial charge in [0, 0.05) is 39.5 Å². The summed E-state index contributed by atoms with van der Waals surface area (Å²) >= 11 is 0. The molecule has 2 rings (SSSR count). The van der Waals surface area contributed by atoms with Gasteiger partial charge in [-0.2, -0.15) is 0 Å². The molecule has 0 unspecified atom stereocenters. The third kappa shape index (κ3) is 4.02. The maximum atomic E-state index is 11.9. The maximum absolute atomic E-state index is 11.9. The average Bonchev–Trinajstić information content (AvgIpc) is 2.75. The van der Waals surface area contributed by atoms with Crippen LogP contribution in [-0.2, 0) is 11.3 Å². The van der Waals surface area contributed by atoms with Gasteiger partial charge < -0.3 is 9.32 Å². The molecule has 0 aromatic carbocycles. The Hall–Kier alpha value is -1.43. The summed E-state index contributed by atoms with van der Waals surface area (Å²) in [6.45, 7) is 9.93. The topological polar surface area (TPSA) is 62.5 Å². The number of aromatic nitrogens is 2. The Morgan fingerprint density at radius 2 is 1.95 bits per heavy atom. The zero-order valence-corrected chi connectivity index (χ0v) is 11.9. The van der Waals surface area contributed by atoms with Gasteiger partial charge in [-0.15, -0.1) is 10.2 Å². The van der Waals surface area contributed by atoms with Crippen LogP contribution in [0.3, 0.4) is 0 Å². The van der Waals surface area contributed by atoms with Crippen LogP contribution in [0.2, 0.25) is 0 Å². The van der Waals surface area contributed by atoms with Crippen molar-refractivity contribution >= 4 is 5.91 Å². The van der Waals surface area contributed by atoms with E-state index in [1.165, 1.54) is 0 Å². The number of hydrogen-bond donors (Lipinski definition) is 0. The molecule has 0 spiro atoms. The van der Waals surface area contributed by atoms with Gasteiger partial charge in [-0.3, -0.25) is 9.69 Å². The van der Waals surface area contributed by atoms with Crippen LogP contribution in [-0.4, -0.2) is 52.1 Å². The van der Waals surface area contributed by atoms with Gasteiger partial charge in [0.15, 0.2) is 0 Å². The van der Waals surface area contributed by atoms with E-state index in [1.54, 1.807) is 6.92 Å². The Labute approximate surface area is 113 Å². The Bertz CT molecular complexity index is 422. The molecule has 1 aromatic heterocycles. The maximum Gasteiger partial charge on any atom is 0.230 e. The van der Waals surface area contributed by atoms with E-state index in [-0.39, 0.29) is 5.91 Å². The fourth-order valence-electron chi connectivity index (χ4n) is 2.23. The van der Waals surface area contributed by atoms with Gasteiger partial charge in [0.2, 0.25) is 17.7 Å². The zero-order chi connectivity index (χ0) is 13.8. The smallest absolute Gasteiger partial charge is 0.230 e. The van der Waals surface area contributed by atoms with Crippen LogP contribution >= 0.6 is 0 Å². The van der Waals surface area contributed by atoms with Gasteiger partial charge in [-0.1, -0.05) is 13.8 Å². The van der Waals surface area contributed by atoms with E-state index in [2.05, 4.69) is 28.9 Å². The van der Waals surface area contributed by atoms with Crippen molar-refractivity contribution < 1.29 is 9.21 Å². The van der Waals surface area contributed by atoms with Gasteiger partial charge in [-0.25, -0.2) is 0 Å². The summed E-state index contributed by atoms with van der Waals surface area (Å²) in [6, 6.07) is 0. The first-order valence-corrected chi connectivity index (χ1v) is 6.83. The third-order valence-corrected chi connectivity index (χ3v) is 3.23. The van der Waals surface area contributed by atoms with Gasteiger partial charge in [0.05, 0.1) is 6.54 Å². The molecule has 0 radical (unpaired) electrons. The highest BCUT2D eigenvalue weighted by Crippen LogP contribution is 2.10.